The van der Waals surface area contributed by atoms with Crippen molar-refractivity contribution in [3.63, 3.8) is 0 Å². The number of halogens is 1. The fraction of sp³-hybridized carbons (Fsp3) is 0.625. The van der Waals surface area contributed by atoms with Gasteiger partial charge >= 0.3 is 0 Å². The minimum atomic E-state index is 0. The number of benzene rings is 1. The van der Waals surface area contributed by atoms with Crippen LogP contribution in [0, 0.1) is 5.92 Å². The first kappa shape index (κ1) is 18.1. The monoisotopic (exact) mass is 315 g/mol. The SMILES string of the molecule is COc1ccc(CCN2CCC[C@@H](CO)C2)cc1OC.Cl. The zero-order chi connectivity index (χ0) is 14.4. The summed E-state index contributed by atoms with van der Waals surface area (Å²) in [4.78, 5) is 2.45. The maximum absolute atomic E-state index is 9.26. The number of aliphatic hydroxyl groups is 1. The predicted molar refractivity (Wildman–Crippen MR) is 86.7 cm³/mol. The van der Waals surface area contributed by atoms with Crippen LogP contribution in [0.25, 0.3) is 0 Å². The molecule has 1 atom stereocenters. The van der Waals surface area contributed by atoms with Crippen molar-refractivity contribution in [2.45, 2.75) is 19.3 Å². The van der Waals surface area contributed by atoms with Crippen molar-refractivity contribution in [2.75, 3.05) is 40.5 Å². The quantitative estimate of drug-likeness (QED) is 0.875. The Balaban J connectivity index is 0.00000220. The van der Waals surface area contributed by atoms with E-state index in [0.717, 1.165) is 44.0 Å². The molecule has 0 aromatic heterocycles. The third kappa shape index (κ3) is 5.06. The molecule has 1 aliphatic rings. The first-order valence-corrected chi connectivity index (χ1v) is 7.31. The van der Waals surface area contributed by atoms with Gasteiger partial charge in [0, 0.05) is 19.7 Å². The zero-order valence-corrected chi connectivity index (χ0v) is 13.7. The van der Waals surface area contributed by atoms with Crippen LogP contribution < -0.4 is 9.47 Å². The van der Waals surface area contributed by atoms with Gasteiger partial charge < -0.3 is 19.5 Å². The van der Waals surface area contributed by atoms with Gasteiger partial charge in [-0.2, -0.15) is 0 Å². The lowest BCUT2D eigenvalue weighted by atomic mass is 9.98. The average Bonchev–Trinajstić information content (AvgIpc) is 2.52. The Bertz CT molecular complexity index is 428. The molecule has 1 N–H and O–H groups in total. The van der Waals surface area contributed by atoms with E-state index in [1.54, 1.807) is 14.2 Å². The highest BCUT2D eigenvalue weighted by atomic mass is 35.5. The molecular weight excluding hydrogens is 290 g/mol. The zero-order valence-electron chi connectivity index (χ0n) is 12.9. The molecule has 0 radical (unpaired) electrons. The number of hydrogen-bond acceptors (Lipinski definition) is 4. The molecule has 21 heavy (non-hydrogen) atoms. The summed E-state index contributed by atoms with van der Waals surface area (Å²) >= 11 is 0. The highest BCUT2D eigenvalue weighted by Crippen LogP contribution is 2.28. The van der Waals surface area contributed by atoms with Crippen molar-refractivity contribution in [1.29, 1.82) is 0 Å². The summed E-state index contributed by atoms with van der Waals surface area (Å²) < 4.78 is 10.6. The van der Waals surface area contributed by atoms with Gasteiger partial charge in [-0.15, -0.1) is 12.4 Å². The van der Waals surface area contributed by atoms with Crippen LogP contribution in [0.4, 0.5) is 0 Å². The molecule has 0 bridgehead atoms. The molecule has 1 aromatic carbocycles. The number of rotatable bonds is 6. The van der Waals surface area contributed by atoms with E-state index in [2.05, 4.69) is 11.0 Å². The van der Waals surface area contributed by atoms with Crippen molar-refractivity contribution >= 4 is 12.4 Å². The summed E-state index contributed by atoms with van der Waals surface area (Å²) in [7, 11) is 3.32. The number of nitrogens with zero attached hydrogens (tertiary/aromatic N) is 1. The smallest absolute Gasteiger partial charge is 0.160 e. The van der Waals surface area contributed by atoms with E-state index in [1.165, 1.54) is 12.0 Å². The Morgan fingerprint density at radius 3 is 2.67 bits per heavy atom. The molecule has 2 rings (SSSR count). The number of hydrogen-bond donors (Lipinski definition) is 1. The van der Waals surface area contributed by atoms with Crippen LogP contribution in [-0.4, -0.2) is 50.5 Å². The Morgan fingerprint density at radius 1 is 1.24 bits per heavy atom. The van der Waals surface area contributed by atoms with Gasteiger partial charge in [-0.05, 0) is 49.4 Å². The van der Waals surface area contributed by atoms with E-state index in [9.17, 15) is 5.11 Å². The second kappa shape index (κ2) is 9.13. The second-order valence-corrected chi connectivity index (χ2v) is 5.43. The van der Waals surface area contributed by atoms with Crippen LogP contribution in [0.15, 0.2) is 18.2 Å². The summed E-state index contributed by atoms with van der Waals surface area (Å²) in [6.45, 7) is 3.51. The summed E-state index contributed by atoms with van der Waals surface area (Å²) in [5.74, 6) is 2.01. The van der Waals surface area contributed by atoms with Crippen LogP contribution in [0.2, 0.25) is 0 Å². The number of piperidine rings is 1. The fourth-order valence-electron chi connectivity index (χ4n) is 2.83. The molecule has 0 unspecified atom stereocenters. The van der Waals surface area contributed by atoms with Gasteiger partial charge in [-0.25, -0.2) is 0 Å². The van der Waals surface area contributed by atoms with E-state index >= 15 is 0 Å². The second-order valence-electron chi connectivity index (χ2n) is 5.43. The Hall–Kier alpha value is -0.970. The number of likely N-dealkylation sites (tertiary alicyclic amines) is 1. The lowest BCUT2D eigenvalue weighted by Crippen LogP contribution is -2.37. The number of ether oxygens (including phenoxy) is 2. The van der Waals surface area contributed by atoms with E-state index in [0.29, 0.717) is 12.5 Å². The molecule has 0 amide bonds. The van der Waals surface area contributed by atoms with Gasteiger partial charge in [0.1, 0.15) is 0 Å². The van der Waals surface area contributed by atoms with Gasteiger partial charge in [0.05, 0.1) is 14.2 Å². The predicted octanol–water partition coefficient (Wildman–Crippen LogP) is 2.37. The van der Waals surface area contributed by atoms with Gasteiger partial charge in [-0.3, -0.25) is 0 Å². The van der Waals surface area contributed by atoms with Gasteiger partial charge in [0.25, 0.3) is 0 Å². The van der Waals surface area contributed by atoms with Gasteiger partial charge in [0.2, 0.25) is 0 Å². The van der Waals surface area contributed by atoms with E-state index in [1.807, 2.05) is 12.1 Å². The third-order valence-corrected chi connectivity index (χ3v) is 4.03. The van der Waals surface area contributed by atoms with E-state index in [-0.39, 0.29) is 12.4 Å². The standard InChI is InChI=1S/C16H25NO3.ClH/c1-19-15-6-5-13(10-16(15)20-2)7-9-17-8-3-4-14(11-17)12-18;/h5-6,10,14,18H,3-4,7-9,11-12H2,1-2H3;1H/t14-;/m1./s1. The highest BCUT2D eigenvalue weighted by Gasteiger charge is 2.18. The first-order valence-electron chi connectivity index (χ1n) is 7.31. The Labute approximate surface area is 133 Å². The van der Waals surface area contributed by atoms with Crippen molar-refractivity contribution in [3.05, 3.63) is 23.8 Å². The van der Waals surface area contributed by atoms with Crippen molar-refractivity contribution in [1.82, 2.24) is 4.90 Å². The van der Waals surface area contributed by atoms with Crippen molar-refractivity contribution < 1.29 is 14.6 Å². The fourth-order valence-corrected chi connectivity index (χ4v) is 2.83. The normalized spacial score (nSPS) is 18.9. The maximum atomic E-state index is 9.26. The molecule has 1 saturated heterocycles. The molecule has 0 spiro atoms. The van der Waals surface area contributed by atoms with E-state index < -0.39 is 0 Å². The summed E-state index contributed by atoms with van der Waals surface area (Å²) in [5.41, 5.74) is 1.26. The van der Waals surface area contributed by atoms with Crippen molar-refractivity contribution in [2.24, 2.45) is 5.92 Å². The average molecular weight is 316 g/mol. The highest BCUT2D eigenvalue weighted by molar-refractivity contribution is 5.85. The van der Waals surface area contributed by atoms with E-state index in [4.69, 9.17) is 9.47 Å². The van der Waals surface area contributed by atoms with Gasteiger partial charge in [0.15, 0.2) is 11.5 Å². The van der Waals surface area contributed by atoms with Crippen LogP contribution in [0.1, 0.15) is 18.4 Å². The molecule has 5 heteroatoms. The lowest BCUT2D eigenvalue weighted by molar-refractivity contribution is 0.121. The van der Waals surface area contributed by atoms with Crippen LogP contribution in [0.3, 0.4) is 0 Å². The third-order valence-electron chi connectivity index (χ3n) is 4.03. The summed E-state index contributed by atoms with van der Waals surface area (Å²) in [5, 5.41) is 9.26. The molecule has 0 aliphatic carbocycles. The number of methoxy groups -OCH3 is 2. The Morgan fingerprint density at radius 2 is 2.00 bits per heavy atom. The van der Waals surface area contributed by atoms with Gasteiger partial charge in [-0.1, -0.05) is 6.07 Å². The summed E-state index contributed by atoms with van der Waals surface area (Å²) in [6.07, 6.45) is 3.35. The molecule has 120 valence electrons. The largest absolute Gasteiger partial charge is 0.493 e. The minimum Gasteiger partial charge on any atom is -0.493 e. The first-order chi connectivity index (χ1) is 9.76. The van der Waals surface area contributed by atoms with Crippen LogP contribution in [-0.2, 0) is 6.42 Å². The molecule has 0 saturated carbocycles. The molecule has 1 heterocycles. The molecule has 1 aliphatic heterocycles. The minimum absolute atomic E-state index is 0. The molecule has 1 aromatic rings. The molecule has 4 nitrogen and oxygen atoms in total. The van der Waals surface area contributed by atoms with Crippen LogP contribution >= 0.6 is 12.4 Å². The maximum Gasteiger partial charge on any atom is 0.160 e. The topological polar surface area (TPSA) is 41.9 Å². The Kier molecular flexibility index (Phi) is 7.86. The van der Waals surface area contributed by atoms with Crippen molar-refractivity contribution in [3.8, 4) is 11.5 Å². The molecular formula is C16H26ClNO3. The van der Waals surface area contributed by atoms with Crippen LogP contribution in [0.5, 0.6) is 11.5 Å². The lowest BCUT2D eigenvalue weighted by Gasteiger charge is -2.31. The number of aliphatic hydroxyl groups excluding tert-OH is 1. The molecule has 1 fully saturated rings. The summed E-state index contributed by atoms with van der Waals surface area (Å²) in [6, 6.07) is 6.10.